The molecule has 0 aromatic carbocycles. The molecule has 114 valence electrons. The van der Waals surface area contributed by atoms with Crippen LogP contribution >= 0.6 is 23.2 Å². The lowest BCUT2D eigenvalue weighted by Gasteiger charge is -2.30. The summed E-state index contributed by atoms with van der Waals surface area (Å²) in [6, 6.07) is 3.09. The molecule has 21 heavy (non-hydrogen) atoms. The molecule has 1 aromatic heterocycles. The highest BCUT2D eigenvalue weighted by atomic mass is 35.5. The standard InChI is InChI=1S/C14H16Cl2N2O3/c1-2-21-14(20)9-5-7-18(8-6-9)13(19)12-10(15)3-4-11(16)17-12/h3-4,9H,2,5-8H2,1H3. The fraction of sp³-hybridized carbons (Fsp3) is 0.500. The van der Waals surface area contributed by atoms with E-state index in [2.05, 4.69) is 4.98 Å². The second-order valence-electron chi connectivity index (χ2n) is 4.78. The van der Waals surface area contributed by atoms with Crippen molar-refractivity contribution in [2.45, 2.75) is 19.8 Å². The summed E-state index contributed by atoms with van der Waals surface area (Å²) in [6.07, 6.45) is 1.17. The van der Waals surface area contributed by atoms with Crippen LogP contribution in [0.4, 0.5) is 0 Å². The van der Waals surface area contributed by atoms with Crippen LogP contribution in [0.2, 0.25) is 10.2 Å². The normalized spacial score (nSPS) is 15.9. The first kappa shape index (κ1) is 16.0. The summed E-state index contributed by atoms with van der Waals surface area (Å²) in [5, 5.41) is 0.501. The van der Waals surface area contributed by atoms with E-state index in [-0.39, 0.29) is 33.7 Å². The van der Waals surface area contributed by atoms with E-state index in [0.29, 0.717) is 32.5 Å². The van der Waals surface area contributed by atoms with E-state index in [0.717, 1.165) is 0 Å². The molecular weight excluding hydrogens is 315 g/mol. The highest BCUT2D eigenvalue weighted by Gasteiger charge is 2.29. The van der Waals surface area contributed by atoms with Gasteiger partial charge >= 0.3 is 5.97 Å². The van der Waals surface area contributed by atoms with Gasteiger partial charge in [0.15, 0.2) is 0 Å². The van der Waals surface area contributed by atoms with Gasteiger partial charge in [0.05, 0.1) is 17.5 Å². The number of carbonyl (C=O) groups is 2. The Hall–Kier alpha value is -1.33. The lowest BCUT2D eigenvalue weighted by atomic mass is 9.97. The molecule has 0 spiro atoms. The van der Waals surface area contributed by atoms with E-state index in [9.17, 15) is 9.59 Å². The van der Waals surface area contributed by atoms with Crippen LogP contribution in [0, 0.1) is 5.92 Å². The minimum absolute atomic E-state index is 0.142. The highest BCUT2D eigenvalue weighted by molar-refractivity contribution is 6.34. The van der Waals surface area contributed by atoms with Crippen molar-refractivity contribution in [2.24, 2.45) is 5.92 Å². The Morgan fingerprint density at radius 2 is 2.00 bits per heavy atom. The maximum atomic E-state index is 12.4. The topological polar surface area (TPSA) is 59.5 Å². The molecule has 5 nitrogen and oxygen atoms in total. The van der Waals surface area contributed by atoms with Gasteiger partial charge in [0.25, 0.3) is 5.91 Å². The van der Waals surface area contributed by atoms with E-state index in [4.69, 9.17) is 27.9 Å². The summed E-state index contributed by atoms with van der Waals surface area (Å²) in [5.41, 5.74) is 0.152. The molecular formula is C14H16Cl2N2O3. The molecule has 0 bridgehead atoms. The number of likely N-dealkylation sites (tertiary alicyclic amines) is 1. The van der Waals surface area contributed by atoms with Gasteiger partial charge in [-0.05, 0) is 31.9 Å². The molecule has 0 saturated carbocycles. The zero-order valence-electron chi connectivity index (χ0n) is 11.6. The first-order valence-electron chi connectivity index (χ1n) is 6.81. The number of pyridine rings is 1. The third-order valence-electron chi connectivity index (χ3n) is 3.42. The molecule has 1 amide bonds. The van der Waals surface area contributed by atoms with Gasteiger partial charge in [-0.25, -0.2) is 4.98 Å². The first-order chi connectivity index (χ1) is 10.0. The molecule has 1 aliphatic rings. The Morgan fingerprint density at radius 1 is 1.33 bits per heavy atom. The van der Waals surface area contributed by atoms with Crippen molar-refractivity contribution in [1.29, 1.82) is 0 Å². The maximum absolute atomic E-state index is 12.4. The quantitative estimate of drug-likeness (QED) is 0.631. The number of piperidine rings is 1. The van der Waals surface area contributed by atoms with E-state index in [1.807, 2.05) is 0 Å². The van der Waals surface area contributed by atoms with Gasteiger partial charge in [0.1, 0.15) is 10.8 Å². The fourth-order valence-corrected chi connectivity index (χ4v) is 2.63. The fourth-order valence-electron chi connectivity index (χ4n) is 2.30. The summed E-state index contributed by atoms with van der Waals surface area (Å²) in [4.78, 5) is 29.7. The van der Waals surface area contributed by atoms with Gasteiger partial charge in [-0.1, -0.05) is 23.2 Å². The molecule has 0 radical (unpaired) electrons. The van der Waals surface area contributed by atoms with Crippen molar-refractivity contribution < 1.29 is 14.3 Å². The van der Waals surface area contributed by atoms with Crippen LogP contribution in [0.3, 0.4) is 0 Å². The van der Waals surface area contributed by atoms with E-state index < -0.39 is 0 Å². The number of amides is 1. The lowest BCUT2D eigenvalue weighted by molar-refractivity contribution is -0.149. The number of halogens is 2. The van der Waals surface area contributed by atoms with Crippen molar-refractivity contribution in [2.75, 3.05) is 19.7 Å². The van der Waals surface area contributed by atoms with Gasteiger partial charge in [0.2, 0.25) is 0 Å². The molecule has 1 aromatic rings. The third-order valence-corrected chi connectivity index (χ3v) is 3.93. The number of hydrogen-bond acceptors (Lipinski definition) is 4. The molecule has 1 saturated heterocycles. The SMILES string of the molecule is CCOC(=O)C1CCN(C(=O)c2nc(Cl)ccc2Cl)CC1. The summed E-state index contributed by atoms with van der Waals surface area (Å²) < 4.78 is 5.00. The first-order valence-corrected chi connectivity index (χ1v) is 7.56. The average molecular weight is 331 g/mol. The molecule has 0 aliphatic carbocycles. The molecule has 2 rings (SSSR count). The largest absolute Gasteiger partial charge is 0.466 e. The predicted molar refractivity (Wildman–Crippen MR) is 79.5 cm³/mol. The molecule has 7 heteroatoms. The molecule has 0 N–H and O–H groups in total. The zero-order chi connectivity index (χ0) is 15.4. The summed E-state index contributed by atoms with van der Waals surface area (Å²) >= 11 is 11.8. The van der Waals surface area contributed by atoms with Crippen LogP contribution in [-0.2, 0) is 9.53 Å². The number of hydrogen-bond donors (Lipinski definition) is 0. The van der Waals surface area contributed by atoms with Crippen LogP contribution in [-0.4, -0.2) is 41.5 Å². The van der Waals surface area contributed by atoms with Crippen molar-refractivity contribution in [3.8, 4) is 0 Å². The van der Waals surface area contributed by atoms with Gasteiger partial charge in [-0.2, -0.15) is 0 Å². The molecule has 1 aliphatic heterocycles. The van der Waals surface area contributed by atoms with Gasteiger partial charge < -0.3 is 9.64 Å². The van der Waals surface area contributed by atoms with Crippen molar-refractivity contribution in [1.82, 2.24) is 9.88 Å². The van der Waals surface area contributed by atoms with Gasteiger partial charge in [0, 0.05) is 13.1 Å². The van der Waals surface area contributed by atoms with Crippen LogP contribution in [0.25, 0.3) is 0 Å². The van der Waals surface area contributed by atoms with Crippen LogP contribution in [0.15, 0.2) is 12.1 Å². The number of aromatic nitrogens is 1. The number of ether oxygens (including phenoxy) is 1. The van der Waals surface area contributed by atoms with Crippen molar-refractivity contribution in [3.63, 3.8) is 0 Å². The molecule has 2 heterocycles. The Kier molecular flexibility index (Phi) is 5.42. The minimum Gasteiger partial charge on any atom is -0.466 e. The second-order valence-corrected chi connectivity index (χ2v) is 5.58. The van der Waals surface area contributed by atoms with Gasteiger partial charge in [-0.3, -0.25) is 9.59 Å². The Labute approximate surface area is 133 Å². The Morgan fingerprint density at radius 3 is 2.62 bits per heavy atom. The van der Waals surface area contributed by atoms with E-state index in [1.165, 1.54) is 6.07 Å². The van der Waals surface area contributed by atoms with Crippen LogP contribution in [0.5, 0.6) is 0 Å². The number of esters is 1. The van der Waals surface area contributed by atoms with Gasteiger partial charge in [-0.15, -0.1) is 0 Å². The smallest absolute Gasteiger partial charge is 0.309 e. The van der Waals surface area contributed by atoms with E-state index >= 15 is 0 Å². The summed E-state index contributed by atoms with van der Waals surface area (Å²) in [5.74, 6) is -0.592. The number of nitrogens with zero attached hydrogens (tertiary/aromatic N) is 2. The second kappa shape index (κ2) is 7.09. The molecule has 1 fully saturated rings. The highest BCUT2D eigenvalue weighted by Crippen LogP contribution is 2.23. The molecule has 0 unspecified atom stereocenters. The lowest BCUT2D eigenvalue weighted by Crippen LogP contribution is -2.41. The Bertz CT molecular complexity index is 543. The summed E-state index contributed by atoms with van der Waals surface area (Å²) in [7, 11) is 0. The monoisotopic (exact) mass is 330 g/mol. The summed E-state index contributed by atoms with van der Waals surface area (Å²) in [6.45, 7) is 3.11. The number of carbonyl (C=O) groups excluding carboxylic acids is 2. The minimum atomic E-state index is -0.259. The van der Waals surface area contributed by atoms with Crippen molar-refractivity contribution in [3.05, 3.63) is 28.0 Å². The molecule has 0 atom stereocenters. The van der Waals surface area contributed by atoms with Crippen LogP contribution in [0.1, 0.15) is 30.3 Å². The predicted octanol–water partition coefficient (Wildman–Crippen LogP) is 2.80. The van der Waals surface area contributed by atoms with Crippen LogP contribution < -0.4 is 0 Å². The van der Waals surface area contributed by atoms with E-state index in [1.54, 1.807) is 17.9 Å². The average Bonchev–Trinajstić information content (AvgIpc) is 2.49. The zero-order valence-corrected chi connectivity index (χ0v) is 13.2. The third kappa shape index (κ3) is 3.86. The van der Waals surface area contributed by atoms with Crippen molar-refractivity contribution >= 4 is 35.1 Å². The Balaban J connectivity index is 2.00. The number of rotatable bonds is 3. The maximum Gasteiger partial charge on any atom is 0.309 e.